The Morgan fingerprint density at radius 1 is 0.769 bits per heavy atom. The van der Waals surface area contributed by atoms with Crippen LogP contribution in [-0.2, 0) is 36.9 Å². The summed E-state index contributed by atoms with van der Waals surface area (Å²) >= 11 is 0. The van der Waals surface area contributed by atoms with Crippen molar-refractivity contribution < 1.29 is 47.1 Å². The van der Waals surface area contributed by atoms with Gasteiger partial charge in [-0.3, -0.25) is 9.59 Å². The second kappa shape index (κ2) is 9.95. The van der Waals surface area contributed by atoms with Crippen molar-refractivity contribution in [2.24, 2.45) is 0 Å². The summed E-state index contributed by atoms with van der Waals surface area (Å²) < 4.78 is 0. The second-order valence-electron chi connectivity index (χ2n) is 2.70. The van der Waals surface area contributed by atoms with Crippen LogP contribution in [0.25, 0.3) is 0 Å². The third-order valence-electron chi connectivity index (χ3n) is 1.53. The van der Waals surface area contributed by atoms with Crippen LogP contribution in [0.4, 0.5) is 0 Å². The SMILES string of the molecule is O=C(O)CCCCCCC(=O)O.[Cd]. The average molecular weight is 287 g/mol. The summed E-state index contributed by atoms with van der Waals surface area (Å²) in [4.78, 5) is 20.1. The van der Waals surface area contributed by atoms with Crippen LogP contribution in [0.1, 0.15) is 38.5 Å². The molecule has 4 nitrogen and oxygen atoms in total. The minimum Gasteiger partial charge on any atom is -0.481 e. The molecule has 0 saturated carbocycles. The van der Waals surface area contributed by atoms with Crippen LogP contribution in [0.2, 0.25) is 0 Å². The number of hydrogen-bond acceptors (Lipinski definition) is 2. The molecule has 0 aromatic heterocycles. The van der Waals surface area contributed by atoms with E-state index >= 15 is 0 Å². The van der Waals surface area contributed by atoms with E-state index in [1.54, 1.807) is 0 Å². The zero-order valence-corrected chi connectivity index (χ0v) is 11.7. The number of rotatable bonds is 7. The molecule has 0 aliphatic rings. The first-order chi connectivity index (χ1) is 5.63. The number of unbranched alkanes of at least 4 members (excludes halogenated alkanes) is 3. The minimum atomic E-state index is -0.784. The van der Waals surface area contributed by atoms with Gasteiger partial charge in [0.2, 0.25) is 0 Å². The van der Waals surface area contributed by atoms with Gasteiger partial charge in [0.1, 0.15) is 0 Å². The van der Waals surface area contributed by atoms with Gasteiger partial charge >= 0.3 is 11.9 Å². The van der Waals surface area contributed by atoms with Crippen molar-refractivity contribution in [3.8, 4) is 0 Å². The van der Waals surface area contributed by atoms with Crippen molar-refractivity contribution in [1.82, 2.24) is 0 Å². The van der Waals surface area contributed by atoms with Crippen LogP contribution in [0, 0.1) is 0 Å². The fourth-order valence-electron chi connectivity index (χ4n) is 0.906. The smallest absolute Gasteiger partial charge is 0.303 e. The molecule has 0 rings (SSSR count). The number of hydrogen-bond donors (Lipinski definition) is 2. The summed E-state index contributed by atoms with van der Waals surface area (Å²) in [7, 11) is 0. The number of aliphatic carboxylic acids is 2. The molecule has 0 bridgehead atoms. The first-order valence-electron chi connectivity index (χ1n) is 4.06. The first kappa shape index (κ1) is 15.3. The normalized spacial score (nSPS) is 8.92. The molecule has 0 spiro atoms. The molecular formula is C8H14CdO4. The predicted molar refractivity (Wildman–Crippen MR) is 43.0 cm³/mol. The fraction of sp³-hybridized carbons (Fsp3) is 0.750. The minimum absolute atomic E-state index is 0. The van der Waals surface area contributed by atoms with E-state index in [0.29, 0.717) is 12.8 Å². The quantitative estimate of drug-likeness (QED) is 0.549. The first-order valence-corrected chi connectivity index (χ1v) is 4.06. The molecule has 0 amide bonds. The molecule has 0 unspecified atom stereocenters. The van der Waals surface area contributed by atoms with E-state index in [-0.39, 0.29) is 40.1 Å². The van der Waals surface area contributed by atoms with Gasteiger partial charge in [-0.25, -0.2) is 0 Å². The number of carboxylic acids is 2. The van der Waals surface area contributed by atoms with Gasteiger partial charge in [0, 0.05) is 40.1 Å². The summed E-state index contributed by atoms with van der Waals surface area (Å²) in [6.45, 7) is 0. The van der Waals surface area contributed by atoms with Crippen molar-refractivity contribution in [3.63, 3.8) is 0 Å². The third-order valence-corrected chi connectivity index (χ3v) is 1.53. The Morgan fingerprint density at radius 2 is 1.08 bits per heavy atom. The Kier molecular flexibility index (Phi) is 11.7. The van der Waals surface area contributed by atoms with E-state index in [9.17, 15) is 9.59 Å². The van der Waals surface area contributed by atoms with Crippen LogP contribution >= 0.6 is 0 Å². The summed E-state index contributed by atoms with van der Waals surface area (Å²) in [6, 6.07) is 0. The van der Waals surface area contributed by atoms with Gasteiger partial charge in [0.25, 0.3) is 0 Å². The summed E-state index contributed by atoms with van der Waals surface area (Å²) in [5, 5.41) is 16.5. The Bertz CT molecular complexity index is 140. The van der Waals surface area contributed by atoms with E-state index in [1.165, 1.54) is 0 Å². The molecule has 0 heterocycles. The van der Waals surface area contributed by atoms with Crippen LogP contribution < -0.4 is 0 Å². The Morgan fingerprint density at radius 3 is 1.31 bits per heavy atom. The summed E-state index contributed by atoms with van der Waals surface area (Å²) in [5.41, 5.74) is 0. The largest absolute Gasteiger partial charge is 0.481 e. The molecule has 5 heteroatoms. The Balaban J connectivity index is 0. The Labute approximate surface area is 97.5 Å². The van der Waals surface area contributed by atoms with Crippen molar-refractivity contribution >= 4 is 11.9 Å². The molecule has 2 N–H and O–H groups in total. The molecule has 0 saturated heterocycles. The molecular weight excluding hydrogens is 272 g/mol. The topological polar surface area (TPSA) is 74.6 Å². The molecule has 0 aromatic rings. The van der Waals surface area contributed by atoms with Gasteiger partial charge in [0.05, 0.1) is 0 Å². The van der Waals surface area contributed by atoms with Crippen molar-refractivity contribution in [2.75, 3.05) is 0 Å². The monoisotopic (exact) mass is 288 g/mol. The number of carboxylic acid groups (broad SMARTS) is 2. The van der Waals surface area contributed by atoms with Crippen molar-refractivity contribution in [2.45, 2.75) is 38.5 Å². The maximum atomic E-state index is 10.0. The van der Waals surface area contributed by atoms with Gasteiger partial charge in [0.15, 0.2) is 0 Å². The zero-order valence-electron chi connectivity index (χ0n) is 7.66. The molecule has 0 atom stereocenters. The molecule has 0 radical (unpaired) electrons. The van der Waals surface area contributed by atoms with Gasteiger partial charge in [-0.1, -0.05) is 12.8 Å². The van der Waals surface area contributed by atoms with Crippen LogP contribution in [0.15, 0.2) is 0 Å². The van der Waals surface area contributed by atoms with Crippen LogP contribution in [0.5, 0.6) is 0 Å². The maximum absolute atomic E-state index is 10.0. The Hall–Kier alpha value is -0.138. The van der Waals surface area contributed by atoms with Gasteiger partial charge in [-0.2, -0.15) is 0 Å². The van der Waals surface area contributed by atoms with Gasteiger partial charge in [-0.15, -0.1) is 0 Å². The molecule has 0 fully saturated rings. The third kappa shape index (κ3) is 14.7. The maximum Gasteiger partial charge on any atom is 0.303 e. The molecule has 0 aliphatic heterocycles. The van der Waals surface area contributed by atoms with E-state index in [4.69, 9.17) is 10.2 Å². The molecule has 0 aliphatic carbocycles. The molecule has 0 aromatic carbocycles. The summed E-state index contributed by atoms with van der Waals surface area (Å²) in [5.74, 6) is -1.57. The standard InChI is InChI=1S/C8H14O4.Cd/c9-7(10)5-3-1-2-4-6-8(11)12;/h1-6H2,(H,9,10)(H,11,12);. The number of carbonyl (C=O) groups is 2. The second-order valence-corrected chi connectivity index (χ2v) is 2.70. The predicted octanol–water partition coefficient (Wildman–Crippen LogP) is 1.49. The fourth-order valence-corrected chi connectivity index (χ4v) is 0.906. The average Bonchev–Trinajstić information content (AvgIpc) is 1.95. The van der Waals surface area contributed by atoms with Crippen LogP contribution in [-0.4, -0.2) is 22.2 Å². The van der Waals surface area contributed by atoms with E-state index in [0.717, 1.165) is 12.8 Å². The van der Waals surface area contributed by atoms with E-state index < -0.39 is 11.9 Å². The summed E-state index contributed by atoms with van der Waals surface area (Å²) in [6.07, 6.45) is 3.28. The molecule has 72 valence electrons. The van der Waals surface area contributed by atoms with E-state index in [2.05, 4.69) is 0 Å². The van der Waals surface area contributed by atoms with Gasteiger partial charge < -0.3 is 10.2 Å². The van der Waals surface area contributed by atoms with Crippen LogP contribution in [0.3, 0.4) is 0 Å². The van der Waals surface area contributed by atoms with Crippen molar-refractivity contribution in [3.05, 3.63) is 0 Å². The molecule has 13 heavy (non-hydrogen) atoms. The zero-order chi connectivity index (χ0) is 9.40. The van der Waals surface area contributed by atoms with Gasteiger partial charge in [-0.05, 0) is 12.8 Å². The van der Waals surface area contributed by atoms with Crippen molar-refractivity contribution in [1.29, 1.82) is 0 Å². The van der Waals surface area contributed by atoms with E-state index in [1.807, 2.05) is 0 Å².